The van der Waals surface area contributed by atoms with Crippen molar-refractivity contribution in [3.8, 4) is 11.5 Å². The molecule has 7 nitrogen and oxygen atoms in total. The van der Waals surface area contributed by atoms with Crippen LogP contribution in [0.1, 0.15) is 5.89 Å². The van der Waals surface area contributed by atoms with Crippen molar-refractivity contribution in [1.82, 2.24) is 10.2 Å². The average molecular weight is 296 g/mol. The summed E-state index contributed by atoms with van der Waals surface area (Å²) < 4.78 is 15.7. The van der Waals surface area contributed by atoms with Gasteiger partial charge in [-0.15, -0.1) is 10.2 Å². The summed E-state index contributed by atoms with van der Waals surface area (Å²) in [5.41, 5.74) is 0. The molecule has 20 heavy (non-hydrogen) atoms. The molecule has 2 rings (SSSR count). The first-order valence-electron chi connectivity index (χ1n) is 5.61. The number of ether oxygens (including phenoxy) is 2. The lowest BCUT2D eigenvalue weighted by atomic mass is 10.3. The molecule has 1 aromatic carbocycles. The van der Waals surface area contributed by atoms with Crippen LogP contribution < -0.4 is 9.47 Å². The zero-order valence-corrected chi connectivity index (χ0v) is 11.4. The van der Waals surface area contributed by atoms with Crippen LogP contribution in [0.25, 0.3) is 0 Å². The number of benzene rings is 1. The van der Waals surface area contributed by atoms with Crippen molar-refractivity contribution >= 4 is 17.7 Å². The minimum atomic E-state index is -0.941. The van der Waals surface area contributed by atoms with Crippen LogP contribution >= 0.6 is 11.8 Å². The quantitative estimate of drug-likeness (QED) is 0.773. The van der Waals surface area contributed by atoms with Gasteiger partial charge in [0.15, 0.2) is 6.61 Å². The van der Waals surface area contributed by atoms with Gasteiger partial charge >= 0.3 is 5.97 Å². The molecule has 0 spiro atoms. The molecule has 2 aromatic rings. The molecule has 0 amide bonds. The molecule has 1 heterocycles. The van der Waals surface area contributed by atoms with Crippen LogP contribution in [0, 0.1) is 0 Å². The van der Waals surface area contributed by atoms with E-state index in [0.717, 1.165) is 17.5 Å². The van der Waals surface area contributed by atoms with Gasteiger partial charge in [-0.3, -0.25) is 4.79 Å². The number of hydrogen-bond donors (Lipinski definition) is 1. The Bertz CT molecular complexity index is 569. The first-order chi connectivity index (χ1) is 9.67. The molecule has 0 atom stereocenters. The van der Waals surface area contributed by atoms with E-state index in [1.165, 1.54) is 0 Å². The van der Waals surface area contributed by atoms with E-state index < -0.39 is 5.97 Å². The van der Waals surface area contributed by atoms with E-state index in [9.17, 15) is 4.79 Å². The Morgan fingerprint density at radius 2 is 2.00 bits per heavy atom. The largest absolute Gasteiger partial charge is 0.497 e. The highest BCUT2D eigenvalue weighted by Gasteiger charge is 2.09. The maximum Gasteiger partial charge on any atom is 0.314 e. The first-order valence-corrected chi connectivity index (χ1v) is 6.60. The number of thioether (sulfide) groups is 1. The van der Waals surface area contributed by atoms with E-state index >= 15 is 0 Å². The maximum absolute atomic E-state index is 10.4. The minimum absolute atomic E-state index is 0.118. The van der Waals surface area contributed by atoms with Crippen molar-refractivity contribution in [3.05, 3.63) is 30.2 Å². The number of methoxy groups -OCH3 is 1. The van der Waals surface area contributed by atoms with Crippen LogP contribution in [0.4, 0.5) is 0 Å². The Hall–Kier alpha value is -2.22. The number of carbonyl (C=O) groups is 1. The molecule has 8 heteroatoms. The van der Waals surface area contributed by atoms with Crippen molar-refractivity contribution in [2.24, 2.45) is 0 Å². The average Bonchev–Trinajstić information content (AvgIpc) is 2.91. The second-order valence-electron chi connectivity index (χ2n) is 3.61. The Morgan fingerprint density at radius 1 is 1.30 bits per heavy atom. The normalized spacial score (nSPS) is 10.2. The summed E-state index contributed by atoms with van der Waals surface area (Å²) in [6.07, 6.45) is 0. The lowest BCUT2D eigenvalue weighted by Crippen LogP contribution is -1.97. The van der Waals surface area contributed by atoms with Crippen LogP contribution in [0.5, 0.6) is 11.5 Å². The Morgan fingerprint density at radius 3 is 2.65 bits per heavy atom. The predicted molar refractivity (Wildman–Crippen MR) is 70.0 cm³/mol. The predicted octanol–water partition coefficient (Wildman–Crippen LogP) is 1.83. The molecular formula is C12H12N2O5S. The minimum Gasteiger partial charge on any atom is -0.497 e. The number of hydrogen-bond acceptors (Lipinski definition) is 7. The van der Waals surface area contributed by atoms with E-state index in [0.29, 0.717) is 5.75 Å². The molecule has 0 saturated heterocycles. The molecule has 0 aliphatic carbocycles. The van der Waals surface area contributed by atoms with Crippen molar-refractivity contribution in [2.75, 3.05) is 12.9 Å². The summed E-state index contributed by atoms with van der Waals surface area (Å²) in [6, 6.07) is 7.07. The zero-order valence-electron chi connectivity index (χ0n) is 10.6. The fourth-order valence-corrected chi connectivity index (χ4v) is 1.80. The number of rotatable bonds is 7. The van der Waals surface area contributed by atoms with E-state index in [1.807, 2.05) is 0 Å². The molecule has 0 unspecified atom stereocenters. The standard InChI is InChI=1S/C12H12N2O5S/c1-17-8-2-4-9(5-3-8)18-6-10-13-14-12(19-10)20-7-11(15)16/h2-5H,6-7H2,1H3,(H,15,16). The van der Waals surface area contributed by atoms with Crippen molar-refractivity contribution in [2.45, 2.75) is 11.8 Å². The molecule has 0 aliphatic heterocycles. The van der Waals surface area contributed by atoms with Crippen LogP contribution in [-0.2, 0) is 11.4 Å². The lowest BCUT2D eigenvalue weighted by Gasteiger charge is -2.04. The number of aromatic nitrogens is 2. The van der Waals surface area contributed by atoms with Crippen molar-refractivity contribution in [3.63, 3.8) is 0 Å². The summed E-state index contributed by atoms with van der Waals surface area (Å²) in [6.45, 7) is 0.118. The fourth-order valence-electron chi connectivity index (χ4n) is 1.30. The van der Waals surface area contributed by atoms with Gasteiger partial charge in [0, 0.05) is 0 Å². The molecule has 1 N–H and O–H groups in total. The highest BCUT2D eigenvalue weighted by Crippen LogP contribution is 2.19. The molecule has 106 valence electrons. The number of carboxylic acids is 1. The summed E-state index contributed by atoms with van der Waals surface area (Å²) >= 11 is 0.964. The third-order valence-corrected chi connectivity index (χ3v) is 2.99. The number of nitrogens with zero attached hydrogens (tertiary/aromatic N) is 2. The molecule has 0 bridgehead atoms. The Balaban J connectivity index is 1.85. The first kappa shape index (κ1) is 14.2. The van der Waals surface area contributed by atoms with Crippen LogP contribution in [0.3, 0.4) is 0 Å². The van der Waals surface area contributed by atoms with E-state index in [1.54, 1.807) is 31.4 Å². The third kappa shape index (κ3) is 4.16. The summed E-state index contributed by atoms with van der Waals surface area (Å²) in [5.74, 6) is 0.602. The highest BCUT2D eigenvalue weighted by atomic mass is 32.2. The van der Waals surface area contributed by atoms with Gasteiger partial charge in [0.2, 0.25) is 0 Å². The van der Waals surface area contributed by atoms with Gasteiger partial charge in [-0.05, 0) is 24.3 Å². The SMILES string of the molecule is COc1ccc(OCc2nnc(SCC(=O)O)o2)cc1. The van der Waals surface area contributed by atoms with E-state index in [4.69, 9.17) is 19.0 Å². The fraction of sp³-hybridized carbons (Fsp3) is 0.250. The van der Waals surface area contributed by atoms with Crippen LogP contribution in [0.15, 0.2) is 33.9 Å². The van der Waals surface area contributed by atoms with E-state index in [2.05, 4.69) is 10.2 Å². The summed E-state index contributed by atoms with van der Waals surface area (Å²) in [7, 11) is 1.59. The van der Waals surface area contributed by atoms with Gasteiger partial charge in [0.25, 0.3) is 11.1 Å². The summed E-state index contributed by atoms with van der Waals surface area (Å²) in [5, 5.41) is 16.2. The van der Waals surface area contributed by atoms with Crippen molar-refractivity contribution in [1.29, 1.82) is 0 Å². The molecule has 0 radical (unpaired) electrons. The topological polar surface area (TPSA) is 94.7 Å². The van der Waals surface area contributed by atoms with Crippen molar-refractivity contribution < 1.29 is 23.8 Å². The van der Waals surface area contributed by atoms with Crippen LogP contribution in [-0.4, -0.2) is 34.1 Å². The molecular weight excluding hydrogens is 284 g/mol. The highest BCUT2D eigenvalue weighted by molar-refractivity contribution is 7.99. The Labute approximate surface area is 118 Å². The molecule has 0 saturated carbocycles. The van der Waals surface area contributed by atoms with Gasteiger partial charge in [-0.25, -0.2) is 0 Å². The van der Waals surface area contributed by atoms with E-state index in [-0.39, 0.29) is 23.5 Å². The van der Waals surface area contributed by atoms with Crippen LogP contribution in [0.2, 0.25) is 0 Å². The lowest BCUT2D eigenvalue weighted by molar-refractivity contribution is -0.133. The second-order valence-corrected chi connectivity index (χ2v) is 4.53. The number of carboxylic acid groups (broad SMARTS) is 1. The smallest absolute Gasteiger partial charge is 0.314 e. The molecule has 0 fully saturated rings. The summed E-state index contributed by atoms with van der Waals surface area (Å²) in [4.78, 5) is 10.4. The molecule has 1 aromatic heterocycles. The third-order valence-electron chi connectivity index (χ3n) is 2.19. The Kier molecular flexibility index (Phi) is 4.83. The van der Waals surface area contributed by atoms with Gasteiger partial charge in [0.05, 0.1) is 7.11 Å². The van der Waals surface area contributed by atoms with Gasteiger partial charge in [-0.1, -0.05) is 11.8 Å². The zero-order chi connectivity index (χ0) is 14.4. The second kappa shape index (κ2) is 6.80. The monoisotopic (exact) mass is 296 g/mol. The number of aliphatic carboxylic acids is 1. The van der Waals surface area contributed by atoms with Gasteiger partial charge < -0.3 is 19.0 Å². The van der Waals surface area contributed by atoms with Gasteiger partial charge in [-0.2, -0.15) is 0 Å². The van der Waals surface area contributed by atoms with Gasteiger partial charge in [0.1, 0.15) is 17.3 Å². The maximum atomic E-state index is 10.4. The molecule has 0 aliphatic rings.